The molecule has 0 aromatic heterocycles. The van der Waals surface area contributed by atoms with Crippen molar-refractivity contribution >= 4 is 33.6 Å². The molecule has 2 amide bonds. The maximum Gasteiger partial charge on any atom is 0.335 e. The topological polar surface area (TPSA) is 78.4 Å². The van der Waals surface area contributed by atoms with Crippen molar-refractivity contribution in [3.05, 3.63) is 28.2 Å². The van der Waals surface area contributed by atoms with E-state index < -0.39 is 5.97 Å². The second-order valence-corrected chi connectivity index (χ2v) is 6.20. The first-order valence-corrected chi connectivity index (χ1v) is 6.69. The fourth-order valence-electron chi connectivity index (χ4n) is 1.78. The van der Waals surface area contributed by atoms with Gasteiger partial charge in [0.2, 0.25) is 0 Å². The Morgan fingerprint density at radius 2 is 2.05 bits per heavy atom. The summed E-state index contributed by atoms with van der Waals surface area (Å²) >= 11 is 3.28. The third kappa shape index (κ3) is 3.26. The van der Waals surface area contributed by atoms with E-state index >= 15 is 0 Å². The zero-order valence-corrected chi connectivity index (χ0v) is 12.2. The minimum absolute atomic E-state index is 0.130. The summed E-state index contributed by atoms with van der Waals surface area (Å²) in [5, 5.41) is 14.4. The zero-order valence-electron chi connectivity index (χ0n) is 10.7. The fourth-order valence-corrected chi connectivity index (χ4v) is 2.13. The summed E-state index contributed by atoms with van der Waals surface area (Å²) in [6.45, 7) is 4.16. The smallest absolute Gasteiger partial charge is 0.335 e. The van der Waals surface area contributed by atoms with Crippen molar-refractivity contribution in [2.45, 2.75) is 26.3 Å². The van der Waals surface area contributed by atoms with Gasteiger partial charge >= 0.3 is 12.0 Å². The van der Waals surface area contributed by atoms with Gasteiger partial charge in [-0.1, -0.05) is 13.8 Å². The van der Waals surface area contributed by atoms with Crippen LogP contribution in [-0.4, -0.2) is 23.1 Å². The summed E-state index contributed by atoms with van der Waals surface area (Å²) in [5.41, 5.74) is 0.721. The van der Waals surface area contributed by atoms with E-state index in [0.29, 0.717) is 10.2 Å². The average Bonchev–Trinajstić information content (AvgIpc) is 2.88. The standard InChI is InChI=1S/C13H15BrN2O3/c1-13(2)6-10(13)16-12(19)15-9-5-7(11(17)18)3-4-8(9)14/h3-5,10H,6H2,1-2H3,(H,17,18)(H2,15,16,19). The van der Waals surface area contributed by atoms with E-state index in [9.17, 15) is 9.59 Å². The quantitative estimate of drug-likeness (QED) is 0.798. The molecule has 0 heterocycles. The van der Waals surface area contributed by atoms with Gasteiger partial charge in [-0.25, -0.2) is 9.59 Å². The Morgan fingerprint density at radius 1 is 1.42 bits per heavy atom. The number of benzene rings is 1. The van der Waals surface area contributed by atoms with Crippen molar-refractivity contribution in [1.82, 2.24) is 5.32 Å². The van der Waals surface area contributed by atoms with E-state index in [1.54, 1.807) is 6.07 Å². The van der Waals surface area contributed by atoms with Crippen molar-refractivity contribution < 1.29 is 14.7 Å². The lowest BCUT2D eigenvalue weighted by atomic mass is 10.2. The number of hydrogen-bond donors (Lipinski definition) is 3. The lowest BCUT2D eigenvalue weighted by Crippen LogP contribution is -2.32. The molecule has 19 heavy (non-hydrogen) atoms. The van der Waals surface area contributed by atoms with Crippen molar-refractivity contribution in [2.75, 3.05) is 5.32 Å². The third-order valence-corrected chi connectivity index (χ3v) is 3.97. The van der Waals surface area contributed by atoms with Crippen LogP contribution >= 0.6 is 15.9 Å². The Hall–Kier alpha value is -1.56. The van der Waals surface area contributed by atoms with E-state index in [4.69, 9.17) is 5.11 Å². The number of carboxylic acid groups (broad SMARTS) is 1. The summed E-state index contributed by atoms with van der Waals surface area (Å²) in [6.07, 6.45) is 0.955. The molecule has 2 rings (SSSR count). The van der Waals surface area contributed by atoms with Crippen LogP contribution in [-0.2, 0) is 0 Å². The van der Waals surface area contributed by atoms with Crippen LogP contribution in [0.15, 0.2) is 22.7 Å². The molecule has 1 fully saturated rings. The molecular formula is C13H15BrN2O3. The molecule has 1 aromatic carbocycles. The van der Waals surface area contributed by atoms with Crippen molar-refractivity contribution in [3.8, 4) is 0 Å². The van der Waals surface area contributed by atoms with Gasteiger partial charge in [0.15, 0.2) is 0 Å². The van der Waals surface area contributed by atoms with Crippen molar-refractivity contribution in [3.63, 3.8) is 0 Å². The van der Waals surface area contributed by atoms with Gasteiger partial charge < -0.3 is 15.7 Å². The lowest BCUT2D eigenvalue weighted by Gasteiger charge is -2.10. The van der Waals surface area contributed by atoms with E-state index in [1.807, 2.05) is 0 Å². The SMILES string of the molecule is CC1(C)CC1NC(=O)Nc1cc(C(=O)O)ccc1Br. The van der Waals surface area contributed by atoms with Crippen molar-refractivity contribution in [2.24, 2.45) is 5.41 Å². The zero-order chi connectivity index (χ0) is 14.2. The summed E-state index contributed by atoms with van der Waals surface area (Å²) in [5.74, 6) is -1.03. The maximum absolute atomic E-state index is 11.8. The fraction of sp³-hybridized carbons (Fsp3) is 0.385. The third-order valence-electron chi connectivity index (χ3n) is 3.28. The van der Waals surface area contributed by atoms with E-state index in [2.05, 4.69) is 40.4 Å². The normalized spacial score (nSPS) is 19.6. The number of carbonyl (C=O) groups is 2. The Labute approximate surface area is 119 Å². The second kappa shape index (κ2) is 4.85. The molecule has 1 aliphatic carbocycles. The average molecular weight is 327 g/mol. The number of urea groups is 1. The van der Waals surface area contributed by atoms with Crippen LogP contribution in [0.4, 0.5) is 10.5 Å². The Balaban J connectivity index is 2.04. The van der Waals surface area contributed by atoms with Crippen LogP contribution in [0.3, 0.4) is 0 Å². The number of halogens is 1. The van der Waals surface area contributed by atoms with E-state index in [-0.39, 0.29) is 23.1 Å². The maximum atomic E-state index is 11.8. The largest absolute Gasteiger partial charge is 0.478 e. The highest BCUT2D eigenvalue weighted by atomic mass is 79.9. The first-order chi connectivity index (χ1) is 8.79. The van der Waals surface area contributed by atoms with Gasteiger partial charge in [0.25, 0.3) is 0 Å². The van der Waals surface area contributed by atoms with Gasteiger partial charge in [-0.15, -0.1) is 0 Å². The molecule has 1 atom stereocenters. The first kappa shape index (κ1) is 13.9. The molecule has 6 heteroatoms. The van der Waals surface area contributed by atoms with Gasteiger partial charge in [0.05, 0.1) is 11.3 Å². The predicted molar refractivity (Wildman–Crippen MR) is 75.4 cm³/mol. The molecule has 0 radical (unpaired) electrons. The Bertz CT molecular complexity index is 543. The molecule has 0 saturated heterocycles. The molecule has 0 spiro atoms. The number of carbonyl (C=O) groups excluding carboxylic acids is 1. The molecule has 3 N–H and O–H groups in total. The van der Waals surface area contributed by atoms with Gasteiger partial charge in [-0.05, 0) is 46.0 Å². The number of rotatable bonds is 3. The summed E-state index contributed by atoms with van der Waals surface area (Å²) in [7, 11) is 0. The Kier molecular flexibility index (Phi) is 3.54. The van der Waals surface area contributed by atoms with Crippen LogP contribution in [0, 0.1) is 5.41 Å². The minimum atomic E-state index is -1.03. The number of nitrogens with one attached hydrogen (secondary N) is 2. The molecule has 1 unspecified atom stereocenters. The van der Waals surface area contributed by atoms with Crippen LogP contribution < -0.4 is 10.6 Å². The highest BCUT2D eigenvalue weighted by Gasteiger charge is 2.46. The van der Waals surface area contributed by atoms with Crippen LogP contribution in [0.5, 0.6) is 0 Å². The van der Waals surface area contributed by atoms with Crippen LogP contribution in [0.2, 0.25) is 0 Å². The van der Waals surface area contributed by atoms with Gasteiger partial charge in [-0.2, -0.15) is 0 Å². The number of carboxylic acids is 1. The number of amides is 2. The van der Waals surface area contributed by atoms with E-state index in [0.717, 1.165) is 6.42 Å². The van der Waals surface area contributed by atoms with E-state index in [1.165, 1.54) is 12.1 Å². The number of hydrogen-bond acceptors (Lipinski definition) is 2. The molecule has 5 nitrogen and oxygen atoms in total. The minimum Gasteiger partial charge on any atom is -0.478 e. The number of anilines is 1. The summed E-state index contributed by atoms with van der Waals surface area (Å²) < 4.78 is 0.641. The summed E-state index contributed by atoms with van der Waals surface area (Å²) in [6, 6.07) is 4.34. The van der Waals surface area contributed by atoms with Gasteiger partial charge in [-0.3, -0.25) is 0 Å². The van der Waals surface area contributed by atoms with Gasteiger partial charge in [0, 0.05) is 10.5 Å². The molecular weight excluding hydrogens is 312 g/mol. The van der Waals surface area contributed by atoms with Crippen LogP contribution in [0.25, 0.3) is 0 Å². The second-order valence-electron chi connectivity index (χ2n) is 5.34. The van der Waals surface area contributed by atoms with Gasteiger partial charge in [0.1, 0.15) is 0 Å². The monoisotopic (exact) mass is 326 g/mol. The molecule has 1 aromatic rings. The molecule has 0 bridgehead atoms. The molecule has 1 aliphatic rings. The summed E-state index contributed by atoms with van der Waals surface area (Å²) in [4.78, 5) is 22.7. The predicted octanol–water partition coefficient (Wildman–Crippen LogP) is 3.07. The molecule has 1 saturated carbocycles. The molecule has 0 aliphatic heterocycles. The highest BCUT2D eigenvalue weighted by Crippen LogP contribution is 2.44. The van der Waals surface area contributed by atoms with Crippen molar-refractivity contribution in [1.29, 1.82) is 0 Å². The first-order valence-electron chi connectivity index (χ1n) is 5.90. The molecule has 102 valence electrons. The highest BCUT2D eigenvalue weighted by molar-refractivity contribution is 9.10. The van der Waals surface area contributed by atoms with Crippen LogP contribution in [0.1, 0.15) is 30.6 Å². The lowest BCUT2D eigenvalue weighted by molar-refractivity contribution is 0.0697. The Morgan fingerprint density at radius 3 is 2.58 bits per heavy atom. The number of aromatic carboxylic acids is 1.